The van der Waals surface area contributed by atoms with Crippen LogP contribution in [0.3, 0.4) is 0 Å². The lowest BCUT2D eigenvalue weighted by molar-refractivity contribution is -0.120. The molecule has 3 nitrogen and oxygen atoms in total. The van der Waals surface area contributed by atoms with Gasteiger partial charge in [-0.2, -0.15) is 0 Å². The minimum Gasteiger partial charge on any atom is -0.323 e. The normalized spacial score (nSPS) is 14.1. The van der Waals surface area contributed by atoms with E-state index < -0.39 is 5.54 Å². The molecule has 1 rings (SSSR count). The van der Waals surface area contributed by atoms with Gasteiger partial charge in [-0.3, -0.25) is 4.79 Å². The summed E-state index contributed by atoms with van der Waals surface area (Å²) in [5, 5.41) is 3.42. The van der Waals surface area contributed by atoms with Crippen LogP contribution in [0, 0.1) is 6.92 Å². The third-order valence-electron chi connectivity index (χ3n) is 2.78. The number of nitrogens with two attached hydrogens (primary N) is 1. The lowest BCUT2D eigenvalue weighted by atomic mass is 9.96. The van der Waals surface area contributed by atoms with Gasteiger partial charge in [0.25, 0.3) is 0 Å². The van der Waals surface area contributed by atoms with Gasteiger partial charge in [-0.25, -0.2) is 0 Å². The Hall–Kier alpha value is -0.580. The van der Waals surface area contributed by atoms with Gasteiger partial charge < -0.3 is 11.1 Å². The van der Waals surface area contributed by atoms with Gasteiger partial charge in [0.2, 0.25) is 5.91 Å². The third kappa shape index (κ3) is 3.70. The van der Waals surface area contributed by atoms with E-state index in [9.17, 15) is 4.79 Å². The van der Waals surface area contributed by atoms with Crippen molar-refractivity contribution in [3.63, 3.8) is 0 Å². The number of anilines is 1. The summed E-state index contributed by atoms with van der Waals surface area (Å²) in [6, 6.07) is 3.59. The van der Waals surface area contributed by atoms with E-state index >= 15 is 0 Å². The average molecular weight is 334 g/mol. The van der Waals surface area contributed by atoms with Crippen molar-refractivity contribution in [2.24, 2.45) is 5.73 Å². The van der Waals surface area contributed by atoms with Crippen molar-refractivity contribution in [1.29, 1.82) is 0 Å². The molecule has 1 amide bonds. The number of aryl methyl sites for hydroxylation is 1. The van der Waals surface area contributed by atoms with Crippen molar-refractivity contribution in [1.82, 2.24) is 0 Å². The number of hydrogen-bond donors (Lipinski definition) is 2. The monoisotopic (exact) mass is 332 g/mol. The van der Waals surface area contributed by atoms with Gasteiger partial charge in [-0.05, 0) is 53.9 Å². The number of halogens is 2. The molecule has 0 saturated heterocycles. The van der Waals surface area contributed by atoms with Gasteiger partial charge in [0.1, 0.15) is 0 Å². The molecule has 100 valence electrons. The van der Waals surface area contributed by atoms with E-state index in [4.69, 9.17) is 17.3 Å². The van der Waals surface area contributed by atoms with Crippen LogP contribution in [0.15, 0.2) is 16.6 Å². The molecular weight excluding hydrogens is 316 g/mol. The number of rotatable bonds is 4. The fourth-order valence-electron chi connectivity index (χ4n) is 1.64. The van der Waals surface area contributed by atoms with Crippen LogP contribution in [-0.4, -0.2) is 11.4 Å². The zero-order valence-electron chi connectivity index (χ0n) is 10.8. The standard InChI is InChI=1S/C13H18BrClN2O/c1-4-5-13(3,16)12(18)17-11-7-10(15)8(2)6-9(11)14/h6-7H,4-5,16H2,1-3H3,(H,17,18). The van der Waals surface area contributed by atoms with Crippen LogP contribution >= 0.6 is 27.5 Å². The van der Waals surface area contributed by atoms with Crippen LogP contribution in [0.25, 0.3) is 0 Å². The molecule has 0 heterocycles. The zero-order valence-corrected chi connectivity index (χ0v) is 13.2. The lowest BCUT2D eigenvalue weighted by Crippen LogP contribution is -2.48. The predicted octanol–water partition coefficient (Wildman–Crippen LogP) is 3.87. The van der Waals surface area contributed by atoms with Crippen LogP contribution in [-0.2, 0) is 4.79 Å². The molecule has 1 aromatic carbocycles. The van der Waals surface area contributed by atoms with Crippen LogP contribution < -0.4 is 11.1 Å². The van der Waals surface area contributed by atoms with Gasteiger partial charge in [0, 0.05) is 9.50 Å². The van der Waals surface area contributed by atoms with Gasteiger partial charge in [-0.15, -0.1) is 0 Å². The van der Waals surface area contributed by atoms with Crippen LogP contribution in [0.2, 0.25) is 5.02 Å². The second-order valence-electron chi connectivity index (χ2n) is 4.70. The highest BCUT2D eigenvalue weighted by atomic mass is 79.9. The molecule has 0 aliphatic carbocycles. The molecule has 0 radical (unpaired) electrons. The molecule has 18 heavy (non-hydrogen) atoms. The Bertz CT molecular complexity index is 461. The number of benzene rings is 1. The summed E-state index contributed by atoms with van der Waals surface area (Å²) in [7, 11) is 0. The molecule has 1 aromatic rings. The SMILES string of the molecule is CCCC(C)(N)C(=O)Nc1cc(Cl)c(C)cc1Br. The zero-order chi connectivity index (χ0) is 13.9. The van der Waals surface area contributed by atoms with Gasteiger partial charge in [0.05, 0.1) is 11.2 Å². The highest BCUT2D eigenvalue weighted by molar-refractivity contribution is 9.10. The van der Waals surface area contributed by atoms with Crippen molar-refractivity contribution in [3.05, 3.63) is 27.2 Å². The summed E-state index contributed by atoms with van der Waals surface area (Å²) in [5.41, 5.74) is 6.70. The van der Waals surface area contributed by atoms with E-state index in [1.54, 1.807) is 13.0 Å². The Kier molecular flexibility index (Phi) is 5.20. The first kappa shape index (κ1) is 15.5. The van der Waals surface area contributed by atoms with E-state index in [0.717, 1.165) is 16.5 Å². The first-order valence-corrected chi connectivity index (χ1v) is 7.01. The van der Waals surface area contributed by atoms with Crippen molar-refractivity contribution in [3.8, 4) is 0 Å². The second kappa shape index (κ2) is 6.04. The minimum atomic E-state index is -0.869. The van der Waals surface area contributed by atoms with Crippen molar-refractivity contribution in [2.75, 3.05) is 5.32 Å². The molecule has 1 atom stereocenters. The van der Waals surface area contributed by atoms with E-state index in [0.29, 0.717) is 17.1 Å². The van der Waals surface area contributed by atoms with Crippen molar-refractivity contribution < 1.29 is 4.79 Å². The summed E-state index contributed by atoms with van der Waals surface area (Å²) in [6.45, 7) is 5.63. The maximum Gasteiger partial charge on any atom is 0.244 e. The molecular formula is C13H18BrClN2O. The molecule has 1 unspecified atom stereocenters. The Morgan fingerprint density at radius 1 is 1.56 bits per heavy atom. The Morgan fingerprint density at radius 3 is 2.72 bits per heavy atom. The summed E-state index contributed by atoms with van der Waals surface area (Å²) in [5.74, 6) is -0.204. The van der Waals surface area contributed by atoms with E-state index in [-0.39, 0.29) is 5.91 Å². The second-order valence-corrected chi connectivity index (χ2v) is 5.96. The van der Waals surface area contributed by atoms with Crippen molar-refractivity contribution in [2.45, 2.75) is 39.2 Å². The summed E-state index contributed by atoms with van der Waals surface area (Å²) < 4.78 is 0.796. The molecule has 0 fully saturated rings. The third-order valence-corrected chi connectivity index (χ3v) is 3.85. The Labute approximate surface area is 121 Å². The quantitative estimate of drug-likeness (QED) is 0.879. The summed E-state index contributed by atoms with van der Waals surface area (Å²) >= 11 is 9.44. The number of carbonyl (C=O) groups is 1. The van der Waals surface area contributed by atoms with E-state index in [1.165, 1.54) is 0 Å². The number of carbonyl (C=O) groups excluding carboxylic acids is 1. The largest absolute Gasteiger partial charge is 0.323 e. The molecule has 0 aromatic heterocycles. The molecule has 5 heteroatoms. The fourth-order valence-corrected chi connectivity index (χ4v) is 2.36. The minimum absolute atomic E-state index is 0.204. The number of nitrogens with one attached hydrogen (secondary N) is 1. The average Bonchev–Trinajstić information content (AvgIpc) is 2.25. The molecule has 0 spiro atoms. The highest BCUT2D eigenvalue weighted by Gasteiger charge is 2.27. The van der Waals surface area contributed by atoms with Crippen molar-refractivity contribution >= 4 is 39.1 Å². The number of amides is 1. The van der Waals surface area contributed by atoms with Gasteiger partial charge >= 0.3 is 0 Å². The molecule has 3 N–H and O–H groups in total. The van der Waals surface area contributed by atoms with E-state index in [2.05, 4.69) is 21.2 Å². The lowest BCUT2D eigenvalue weighted by Gasteiger charge is -2.23. The smallest absolute Gasteiger partial charge is 0.244 e. The van der Waals surface area contributed by atoms with Crippen LogP contribution in [0.4, 0.5) is 5.69 Å². The Morgan fingerprint density at radius 2 is 2.17 bits per heavy atom. The van der Waals surface area contributed by atoms with Gasteiger partial charge in [-0.1, -0.05) is 24.9 Å². The molecule has 0 aliphatic heterocycles. The fraction of sp³-hybridized carbons (Fsp3) is 0.462. The van der Waals surface area contributed by atoms with E-state index in [1.807, 2.05) is 19.9 Å². The molecule has 0 bridgehead atoms. The predicted molar refractivity (Wildman–Crippen MR) is 80.0 cm³/mol. The topological polar surface area (TPSA) is 55.1 Å². The maximum absolute atomic E-state index is 12.1. The first-order chi connectivity index (χ1) is 8.27. The summed E-state index contributed by atoms with van der Waals surface area (Å²) in [4.78, 5) is 12.1. The summed E-state index contributed by atoms with van der Waals surface area (Å²) in [6.07, 6.45) is 1.49. The van der Waals surface area contributed by atoms with Crippen LogP contribution in [0.5, 0.6) is 0 Å². The molecule has 0 saturated carbocycles. The first-order valence-electron chi connectivity index (χ1n) is 5.84. The van der Waals surface area contributed by atoms with Crippen LogP contribution in [0.1, 0.15) is 32.3 Å². The maximum atomic E-state index is 12.1. The number of hydrogen-bond acceptors (Lipinski definition) is 2. The molecule has 0 aliphatic rings. The highest BCUT2D eigenvalue weighted by Crippen LogP contribution is 2.29. The Balaban J connectivity index is 2.92. The van der Waals surface area contributed by atoms with Gasteiger partial charge in [0.15, 0.2) is 0 Å².